The molecule has 4 aromatic rings. The summed E-state index contributed by atoms with van der Waals surface area (Å²) < 4.78 is 0. The number of aromatic nitrogens is 2. The highest BCUT2D eigenvalue weighted by atomic mass is 35.5. The van der Waals surface area contributed by atoms with Crippen molar-refractivity contribution in [3.05, 3.63) is 128 Å². The van der Waals surface area contributed by atoms with Crippen LogP contribution in [0.25, 0.3) is 0 Å². The summed E-state index contributed by atoms with van der Waals surface area (Å²) in [5.41, 5.74) is 10.4. The van der Waals surface area contributed by atoms with E-state index >= 15 is 0 Å². The number of carbonyl (C=O) groups is 2. The monoisotopic (exact) mass is 779 g/mol. The summed E-state index contributed by atoms with van der Waals surface area (Å²) in [5, 5.41) is 5.05. The van der Waals surface area contributed by atoms with Crippen LogP contribution < -0.4 is 5.32 Å². The van der Waals surface area contributed by atoms with E-state index in [1.54, 1.807) is 6.92 Å². The quantitative estimate of drug-likeness (QED) is 0.267. The van der Waals surface area contributed by atoms with Crippen molar-refractivity contribution in [2.24, 2.45) is 5.92 Å². The highest BCUT2D eigenvalue weighted by Crippen LogP contribution is 2.38. The van der Waals surface area contributed by atoms with E-state index in [0.717, 1.165) is 107 Å². The fraction of sp³-hybridized carbons (Fsp3) is 0.455. The number of hydrogen-bond acceptors (Lipinski definition) is 7. The molecule has 5 heterocycles. The minimum atomic E-state index is 0.0373. The molecule has 9 rings (SSSR count). The highest BCUT2D eigenvalue weighted by molar-refractivity contribution is 6.31. The maximum atomic E-state index is 13.2. The van der Waals surface area contributed by atoms with Crippen molar-refractivity contribution in [3.8, 4) is 0 Å². The van der Waals surface area contributed by atoms with Crippen molar-refractivity contribution in [1.82, 2.24) is 34.9 Å². The summed E-state index contributed by atoms with van der Waals surface area (Å²) in [5.74, 6) is 0.396. The molecule has 1 N–H and O–H groups in total. The number of aryl methyl sites for hydroxylation is 4. The van der Waals surface area contributed by atoms with Crippen molar-refractivity contribution >= 4 is 35.0 Å². The first-order valence-electron chi connectivity index (χ1n) is 20.0. The zero-order valence-electron chi connectivity index (χ0n) is 31.7. The molecule has 0 unspecified atom stereocenters. The third-order valence-corrected chi connectivity index (χ3v) is 12.8. The molecule has 3 fully saturated rings. The summed E-state index contributed by atoms with van der Waals surface area (Å²) in [6.07, 6.45) is 9.36. The lowest BCUT2D eigenvalue weighted by molar-refractivity contribution is -0.141. The Hall–Kier alpha value is -3.86. The number of halogens is 2. The second kappa shape index (κ2) is 17.1. The van der Waals surface area contributed by atoms with E-state index in [0.29, 0.717) is 13.1 Å². The lowest BCUT2D eigenvalue weighted by Gasteiger charge is -2.41. The Kier molecular flexibility index (Phi) is 11.8. The van der Waals surface area contributed by atoms with Gasteiger partial charge in [-0.15, -0.1) is 0 Å². The van der Waals surface area contributed by atoms with Crippen LogP contribution >= 0.6 is 23.2 Å². The van der Waals surface area contributed by atoms with Gasteiger partial charge < -0.3 is 15.1 Å². The number of rotatable bonds is 3. The van der Waals surface area contributed by atoms with Gasteiger partial charge >= 0.3 is 0 Å². The van der Waals surface area contributed by atoms with Crippen LogP contribution in [-0.4, -0.2) is 107 Å². The Morgan fingerprint density at radius 1 is 0.618 bits per heavy atom. The number of carbonyl (C=O) groups excluding carboxylic acids is 2. The number of nitrogens with zero attached hydrogens (tertiary/aromatic N) is 6. The van der Waals surface area contributed by atoms with Crippen molar-refractivity contribution in [2.75, 3.05) is 65.4 Å². The van der Waals surface area contributed by atoms with Gasteiger partial charge in [0.15, 0.2) is 0 Å². The second-order valence-electron chi connectivity index (χ2n) is 15.5. The van der Waals surface area contributed by atoms with E-state index in [1.165, 1.54) is 39.1 Å². The summed E-state index contributed by atoms with van der Waals surface area (Å²) in [4.78, 5) is 43.3. The molecule has 2 amide bonds. The molecule has 0 bridgehead atoms. The Labute approximate surface area is 335 Å². The molecule has 9 nitrogen and oxygen atoms in total. The smallest absolute Gasteiger partial charge is 0.225 e. The van der Waals surface area contributed by atoms with Crippen molar-refractivity contribution in [1.29, 1.82) is 0 Å². The van der Waals surface area contributed by atoms with Crippen LogP contribution in [-0.2, 0) is 35.3 Å². The molecule has 5 aliphatic rings. The summed E-state index contributed by atoms with van der Waals surface area (Å²) in [7, 11) is 0. The van der Waals surface area contributed by atoms with Gasteiger partial charge in [-0.3, -0.25) is 29.4 Å². The maximum Gasteiger partial charge on any atom is 0.225 e. The minimum Gasteiger partial charge on any atom is -0.343 e. The van der Waals surface area contributed by atoms with Crippen molar-refractivity contribution in [2.45, 2.75) is 57.5 Å². The molecule has 2 atom stereocenters. The average molecular weight is 781 g/mol. The van der Waals surface area contributed by atoms with Gasteiger partial charge in [-0.2, -0.15) is 0 Å². The van der Waals surface area contributed by atoms with Crippen LogP contribution in [0.2, 0.25) is 10.0 Å². The van der Waals surface area contributed by atoms with E-state index < -0.39 is 0 Å². The number of likely N-dealkylation sites (tertiary alicyclic amines) is 1. The third kappa shape index (κ3) is 8.33. The van der Waals surface area contributed by atoms with Gasteiger partial charge in [0.2, 0.25) is 11.8 Å². The van der Waals surface area contributed by atoms with E-state index in [2.05, 4.69) is 57.6 Å². The highest BCUT2D eigenvalue weighted by Gasteiger charge is 2.36. The third-order valence-electron chi connectivity index (χ3n) is 12.3. The number of piperazine rings is 2. The predicted octanol–water partition coefficient (Wildman–Crippen LogP) is 6.15. The van der Waals surface area contributed by atoms with Gasteiger partial charge in [0, 0.05) is 101 Å². The first kappa shape index (κ1) is 38.0. The number of pyridine rings is 2. The van der Waals surface area contributed by atoms with Gasteiger partial charge in [0.25, 0.3) is 0 Å². The number of amides is 2. The molecular weight excluding hydrogens is 729 g/mol. The molecule has 2 aromatic carbocycles. The van der Waals surface area contributed by atoms with Crippen LogP contribution in [0.15, 0.2) is 73.1 Å². The SMILES string of the molecule is CC(=O)N1CCC(C(=O)N2CCN([C@@H]3c4ccc(Cl)cc4CCc4cccnc43)CC2)CC1.Clc1ccc2c(c1)CCc1cccnc1[C@@H]2N1CCNCC1. The molecule has 288 valence electrons. The van der Waals surface area contributed by atoms with Crippen LogP contribution in [0.3, 0.4) is 0 Å². The standard InChI is InChI=1S/C26H31ClN4O2.C18H20ClN3/c1-18(32)29-11-8-20(9-12-29)26(33)31-15-13-30(14-16-31)25-23-7-6-22(27)17-21(23)5-4-19-3-2-10-28-24(19)25;19-15-5-6-16-14(12-15)4-3-13-2-1-7-21-17(13)18(16)22-10-8-20-9-11-22/h2-3,6-7,10,17,20,25H,4-5,8-9,11-16H2,1H3;1-2,5-7,12,18,20H,3-4,8-11H2/t25-;18-/m11/s1. The van der Waals surface area contributed by atoms with Crippen molar-refractivity contribution in [3.63, 3.8) is 0 Å². The number of nitrogens with one attached hydrogen (secondary N) is 1. The van der Waals surface area contributed by atoms with E-state index in [9.17, 15) is 9.59 Å². The Bertz CT molecular complexity index is 2000. The Morgan fingerprint density at radius 2 is 1.11 bits per heavy atom. The average Bonchev–Trinajstić information content (AvgIpc) is 3.49. The summed E-state index contributed by atoms with van der Waals surface area (Å²) >= 11 is 12.6. The van der Waals surface area contributed by atoms with Crippen molar-refractivity contribution < 1.29 is 9.59 Å². The largest absolute Gasteiger partial charge is 0.343 e. The molecule has 2 aromatic heterocycles. The van der Waals surface area contributed by atoms with Gasteiger partial charge in [0.1, 0.15) is 0 Å². The fourth-order valence-electron chi connectivity index (χ4n) is 9.34. The zero-order chi connectivity index (χ0) is 37.9. The lowest BCUT2D eigenvalue weighted by Crippen LogP contribution is -2.52. The van der Waals surface area contributed by atoms with Gasteiger partial charge in [-0.05, 0) is 108 Å². The predicted molar refractivity (Wildman–Crippen MR) is 217 cm³/mol. The first-order chi connectivity index (χ1) is 26.8. The molecule has 55 heavy (non-hydrogen) atoms. The number of piperidine rings is 1. The number of fused-ring (bicyclic) bond motifs is 4. The normalized spacial score (nSPS) is 21.8. The molecule has 3 saturated heterocycles. The topological polar surface area (TPSA) is 84.9 Å². The summed E-state index contributed by atoms with van der Waals surface area (Å²) in [6, 6.07) is 21.4. The molecule has 11 heteroatoms. The molecule has 0 saturated carbocycles. The van der Waals surface area contributed by atoms with Gasteiger partial charge in [0.05, 0.1) is 23.5 Å². The van der Waals surface area contributed by atoms with E-state index in [-0.39, 0.29) is 29.8 Å². The second-order valence-corrected chi connectivity index (χ2v) is 16.4. The van der Waals surface area contributed by atoms with Crippen LogP contribution in [0.1, 0.15) is 76.6 Å². The minimum absolute atomic E-state index is 0.0373. The molecule has 2 aliphatic carbocycles. The van der Waals surface area contributed by atoms with Gasteiger partial charge in [-0.25, -0.2) is 0 Å². The van der Waals surface area contributed by atoms with E-state index in [4.69, 9.17) is 33.2 Å². The van der Waals surface area contributed by atoms with Crippen LogP contribution in [0.5, 0.6) is 0 Å². The lowest BCUT2D eigenvalue weighted by atomic mass is 9.94. The van der Waals surface area contributed by atoms with Gasteiger partial charge in [-0.1, -0.05) is 47.5 Å². The Balaban J connectivity index is 0.000000168. The number of hydrogen-bond donors (Lipinski definition) is 1. The fourth-order valence-corrected chi connectivity index (χ4v) is 9.73. The Morgan fingerprint density at radius 3 is 1.62 bits per heavy atom. The van der Waals surface area contributed by atoms with Crippen LogP contribution in [0.4, 0.5) is 0 Å². The first-order valence-corrected chi connectivity index (χ1v) is 20.8. The molecule has 0 radical (unpaired) electrons. The summed E-state index contributed by atoms with van der Waals surface area (Å²) in [6.45, 7) is 10.3. The van der Waals surface area contributed by atoms with E-state index in [1.807, 2.05) is 40.4 Å². The maximum absolute atomic E-state index is 13.2. The van der Waals surface area contributed by atoms with Crippen LogP contribution in [0, 0.1) is 5.92 Å². The molecule has 0 spiro atoms. The zero-order valence-corrected chi connectivity index (χ0v) is 33.2. The molecular formula is C44H51Cl2N7O2. The molecule has 3 aliphatic heterocycles. The number of benzene rings is 2.